The molecule has 0 saturated heterocycles. The first-order valence-corrected chi connectivity index (χ1v) is 9.99. The zero-order chi connectivity index (χ0) is 19.8. The Morgan fingerprint density at radius 2 is 2.14 bits per heavy atom. The fraction of sp³-hybridized carbons (Fsp3) is 0.550. The maximum absolute atomic E-state index is 5.45. The van der Waals surface area contributed by atoms with Gasteiger partial charge in [0.25, 0.3) is 0 Å². The third kappa shape index (κ3) is 5.37. The lowest BCUT2D eigenvalue weighted by Gasteiger charge is -2.17. The van der Waals surface area contributed by atoms with Crippen LogP contribution in [0.3, 0.4) is 0 Å². The van der Waals surface area contributed by atoms with Crippen molar-refractivity contribution in [3.05, 3.63) is 35.9 Å². The van der Waals surface area contributed by atoms with Gasteiger partial charge in [-0.2, -0.15) is 0 Å². The number of hydrogen-bond donors (Lipinski definition) is 2. The Morgan fingerprint density at radius 1 is 1.29 bits per heavy atom. The Bertz CT molecular complexity index is 789. The van der Waals surface area contributed by atoms with Crippen LogP contribution in [0, 0.1) is 0 Å². The average molecular weight is 387 g/mol. The molecule has 1 aromatic heterocycles. The fourth-order valence-corrected chi connectivity index (χ4v) is 2.92. The normalized spacial score (nSPS) is 14.2. The Labute approximate surface area is 166 Å². The van der Waals surface area contributed by atoms with Gasteiger partial charge in [0.2, 0.25) is 6.79 Å². The van der Waals surface area contributed by atoms with Crippen LogP contribution in [0.4, 0.5) is 0 Å². The number of nitrogens with zero attached hydrogens (tertiary/aromatic N) is 4. The molecular weight excluding hydrogens is 356 g/mol. The Kier molecular flexibility index (Phi) is 7.11. The van der Waals surface area contributed by atoms with Crippen molar-refractivity contribution in [3.8, 4) is 11.5 Å². The molecule has 0 amide bonds. The maximum Gasteiger partial charge on any atom is 0.231 e. The van der Waals surface area contributed by atoms with E-state index in [0.29, 0.717) is 19.4 Å². The summed E-state index contributed by atoms with van der Waals surface area (Å²) < 4.78 is 12.9. The molecule has 0 aliphatic carbocycles. The minimum Gasteiger partial charge on any atom is -0.454 e. The van der Waals surface area contributed by atoms with Crippen LogP contribution in [0.1, 0.15) is 38.6 Å². The standard InChI is InChI=1S/C20H30N6O2/c1-4-15(3)24-20(22-10-11-26-13-23-25-19(26)5-2)21-9-8-16-6-7-17-18(12-16)28-14-27-17/h6-7,12-13,15H,4-5,8-11,14H2,1-3H3,(H2,21,22,24). The van der Waals surface area contributed by atoms with Crippen molar-refractivity contribution in [2.45, 2.75) is 52.6 Å². The summed E-state index contributed by atoms with van der Waals surface area (Å²) in [5, 5.41) is 15.0. The molecule has 1 atom stereocenters. The molecule has 8 heteroatoms. The van der Waals surface area contributed by atoms with Gasteiger partial charge < -0.3 is 24.7 Å². The summed E-state index contributed by atoms with van der Waals surface area (Å²) >= 11 is 0. The Hall–Kier alpha value is -2.77. The second-order valence-electron chi connectivity index (χ2n) is 6.84. The highest BCUT2D eigenvalue weighted by Gasteiger charge is 2.13. The van der Waals surface area contributed by atoms with Crippen LogP contribution in [-0.4, -0.2) is 46.6 Å². The topological polar surface area (TPSA) is 85.6 Å². The number of aromatic nitrogens is 3. The first-order valence-electron chi connectivity index (χ1n) is 9.99. The quantitative estimate of drug-likeness (QED) is 0.507. The van der Waals surface area contributed by atoms with Gasteiger partial charge in [-0.3, -0.25) is 4.99 Å². The van der Waals surface area contributed by atoms with E-state index in [1.165, 1.54) is 5.56 Å². The van der Waals surface area contributed by atoms with Crippen LogP contribution < -0.4 is 20.1 Å². The molecule has 0 bridgehead atoms. The van der Waals surface area contributed by atoms with E-state index in [-0.39, 0.29) is 0 Å². The smallest absolute Gasteiger partial charge is 0.231 e. The van der Waals surface area contributed by atoms with Gasteiger partial charge in [0.1, 0.15) is 12.2 Å². The molecule has 1 unspecified atom stereocenters. The zero-order valence-electron chi connectivity index (χ0n) is 16.9. The number of rotatable bonds is 9. The summed E-state index contributed by atoms with van der Waals surface area (Å²) in [5.74, 6) is 3.46. The van der Waals surface area contributed by atoms with Crippen molar-refractivity contribution >= 4 is 5.96 Å². The van der Waals surface area contributed by atoms with Gasteiger partial charge in [0.15, 0.2) is 17.5 Å². The third-order valence-corrected chi connectivity index (χ3v) is 4.76. The molecule has 2 aromatic rings. The lowest BCUT2D eigenvalue weighted by atomic mass is 10.1. The van der Waals surface area contributed by atoms with Crippen LogP contribution in [0.5, 0.6) is 11.5 Å². The van der Waals surface area contributed by atoms with Gasteiger partial charge in [-0.15, -0.1) is 10.2 Å². The van der Waals surface area contributed by atoms with E-state index in [2.05, 4.69) is 52.2 Å². The number of aryl methyl sites for hydroxylation is 1. The van der Waals surface area contributed by atoms with E-state index in [1.54, 1.807) is 6.33 Å². The van der Waals surface area contributed by atoms with Crippen LogP contribution in [0.2, 0.25) is 0 Å². The molecule has 2 N–H and O–H groups in total. The molecule has 1 aromatic carbocycles. The molecule has 0 fully saturated rings. The second kappa shape index (κ2) is 9.96. The third-order valence-electron chi connectivity index (χ3n) is 4.76. The molecule has 2 heterocycles. The maximum atomic E-state index is 5.45. The van der Waals surface area contributed by atoms with Crippen LogP contribution in [0.25, 0.3) is 0 Å². The summed E-state index contributed by atoms with van der Waals surface area (Å²) in [7, 11) is 0. The van der Waals surface area contributed by atoms with E-state index in [9.17, 15) is 0 Å². The van der Waals surface area contributed by atoms with Gasteiger partial charge in [0, 0.05) is 32.1 Å². The first kappa shape index (κ1) is 20.0. The predicted molar refractivity (Wildman–Crippen MR) is 109 cm³/mol. The number of ether oxygens (including phenoxy) is 2. The van der Waals surface area contributed by atoms with Crippen LogP contribution in [-0.2, 0) is 19.4 Å². The van der Waals surface area contributed by atoms with Crippen molar-refractivity contribution in [3.63, 3.8) is 0 Å². The molecule has 1 aliphatic rings. The number of aliphatic imine (C=N–C) groups is 1. The lowest BCUT2D eigenvalue weighted by molar-refractivity contribution is 0.174. The van der Waals surface area contributed by atoms with Gasteiger partial charge >= 0.3 is 0 Å². The number of benzene rings is 1. The van der Waals surface area contributed by atoms with Gasteiger partial charge in [-0.25, -0.2) is 0 Å². The molecule has 0 saturated carbocycles. The molecule has 28 heavy (non-hydrogen) atoms. The minimum atomic E-state index is 0.302. The fourth-order valence-electron chi connectivity index (χ4n) is 2.92. The van der Waals surface area contributed by atoms with Crippen molar-refractivity contribution in [1.29, 1.82) is 0 Å². The largest absolute Gasteiger partial charge is 0.454 e. The molecular formula is C20H30N6O2. The molecule has 3 rings (SSSR count). The highest BCUT2D eigenvalue weighted by atomic mass is 16.7. The lowest BCUT2D eigenvalue weighted by Crippen LogP contribution is -2.43. The van der Waals surface area contributed by atoms with Gasteiger partial charge in [-0.05, 0) is 37.5 Å². The molecule has 0 spiro atoms. The second-order valence-corrected chi connectivity index (χ2v) is 6.84. The summed E-state index contributed by atoms with van der Waals surface area (Å²) in [6.45, 7) is 8.96. The number of guanidine groups is 1. The molecule has 0 radical (unpaired) electrons. The van der Waals surface area contributed by atoms with E-state index in [4.69, 9.17) is 14.5 Å². The first-order chi connectivity index (χ1) is 13.7. The monoisotopic (exact) mass is 386 g/mol. The van der Waals surface area contributed by atoms with Crippen molar-refractivity contribution in [2.75, 3.05) is 19.9 Å². The van der Waals surface area contributed by atoms with Crippen molar-refractivity contribution < 1.29 is 9.47 Å². The number of nitrogens with one attached hydrogen (secondary N) is 2. The highest BCUT2D eigenvalue weighted by Crippen LogP contribution is 2.32. The molecule has 152 valence electrons. The van der Waals surface area contributed by atoms with Crippen molar-refractivity contribution in [1.82, 2.24) is 25.4 Å². The van der Waals surface area contributed by atoms with Crippen LogP contribution in [0.15, 0.2) is 29.5 Å². The Balaban J connectivity index is 1.54. The van der Waals surface area contributed by atoms with E-state index >= 15 is 0 Å². The van der Waals surface area contributed by atoms with E-state index < -0.39 is 0 Å². The van der Waals surface area contributed by atoms with E-state index in [0.717, 1.165) is 55.6 Å². The molecule has 8 nitrogen and oxygen atoms in total. The number of fused-ring (bicyclic) bond motifs is 1. The average Bonchev–Trinajstić information content (AvgIpc) is 3.36. The SMILES string of the molecule is CCc1nncn1CCNC(=NCCc1ccc2c(c1)OCO2)NC(C)CC. The zero-order valence-corrected chi connectivity index (χ0v) is 16.9. The molecule has 1 aliphatic heterocycles. The Morgan fingerprint density at radius 3 is 2.96 bits per heavy atom. The predicted octanol–water partition coefficient (Wildman–Crippen LogP) is 2.15. The minimum absolute atomic E-state index is 0.302. The summed E-state index contributed by atoms with van der Waals surface area (Å²) in [6.07, 6.45) is 4.53. The summed E-state index contributed by atoms with van der Waals surface area (Å²) in [6, 6.07) is 6.42. The van der Waals surface area contributed by atoms with Crippen LogP contribution >= 0.6 is 0 Å². The summed E-state index contributed by atoms with van der Waals surface area (Å²) in [4.78, 5) is 4.74. The van der Waals surface area contributed by atoms with Gasteiger partial charge in [-0.1, -0.05) is 19.9 Å². The van der Waals surface area contributed by atoms with Gasteiger partial charge in [0.05, 0.1) is 0 Å². The summed E-state index contributed by atoms with van der Waals surface area (Å²) in [5.41, 5.74) is 1.19. The highest BCUT2D eigenvalue weighted by molar-refractivity contribution is 5.80. The van der Waals surface area contributed by atoms with E-state index in [1.807, 2.05) is 12.1 Å². The van der Waals surface area contributed by atoms with Crippen molar-refractivity contribution in [2.24, 2.45) is 4.99 Å². The number of hydrogen-bond acceptors (Lipinski definition) is 5.